The van der Waals surface area contributed by atoms with E-state index >= 15 is 0 Å². The Hall–Kier alpha value is -2.15. The van der Waals surface area contributed by atoms with Crippen LogP contribution in [0.1, 0.15) is 69.8 Å². The van der Waals surface area contributed by atoms with Gasteiger partial charge in [-0.25, -0.2) is 0 Å². The summed E-state index contributed by atoms with van der Waals surface area (Å²) in [6, 6.07) is 2.78. The molecule has 3 rings (SSSR count). The van der Waals surface area contributed by atoms with Crippen molar-refractivity contribution in [1.29, 1.82) is 0 Å². The van der Waals surface area contributed by atoms with E-state index in [-0.39, 0.29) is 38.0 Å². The van der Waals surface area contributed by atoms with Crippen molar-refractivity contribution in [3.63, 3.8) is 0 Å². The van der Waals surface area contributed by atoms with Crippen molar-refractivity contribution >= 4 is 34.4 Å². The highest BCUT2D eigenvalue weighted by atomic mass is 127. The van der Waals surface area contributed by atoms with Gasteiger partial charge in [-0.1, -0.05) is 25.3 Å². The van der Waals surface area contributed by atoms with Gasteiger partial charge in [-0.15, -0.1) is 6.58 Å². The van der Waals surface area contributed by atoms with Gasteiger partial charge in [0.25, 0.3) is 0 Å². The lowest BCUT2D eigenvalue weighted by Crippen LogP contribution is -2.56. The number of nitrogens with one attached hydrogen (secondary N) is 1. The summed E-state index contributed by atoms with van der Waals surface area (Å²) < 4.78 is 12.6. The van der Waals surface area contributed by atoms with Crippen molar-refractivity contribution in [3.8, 4) is 11.5 Å². The number of nitrogens with zero attached hydrogens (tertiary/aromatic N) is 1. The topological polar surface area (TPSA) is 129 Å². The fourth-order valence-corrected chi connectivity index (χ4v) is 6.47. The predicted molar refractivity (Wildman–Crippen MR) is 166 cm³/mol. The molecule has 9 nitrogen and oxygen atoms in total. The Labute approximate surface area is 257 Å². The molecule has 2 aliphatic carbocycles. The lowest BCUT2D eigenvalue weighted by atomic mass is 9.85. The van der Waals surface area contributed by atoms with Crippen LogP contribution in [0, 0.1) is 9.49 Å². The summed E-state index contributed by atoms with van der Waals surface area (Å²) in [6.45, 7) is 4.03. The van der Waals surface area contributed by atoms with Crippen molar-refractivity contribution in [2.45, 2.75) is 89.1 Å². The van der Waals surface area contributed by atoms with E-state index in [9.17, 15) is 24.9 Å². The van der Waals surface area contributed by atoms with Gasteiger partial charge in [-0.3, -0.25) is 9.59 Å². The van der Waals surface area contributed by atoms with Gasteiger partial charge < -0.3 is 35.0 Å². The highest BCUT2D eigenvalue weighted by Crippen LogP contribution is 2.37. The Morgan fingerprint density at radius 2 is 1.95 bits per heavy atom. The summed E-state index contributed by atoms with van der Waals surface area (Å²) in [7, 11) is 1.50. The number of halogens is 1. The first-order valence-corrected chi connectivity index (χ1v) is 15.7. The number of unbranched alkanes of at least 4 members (excludes halogenated alkanes) is 2. The number of hydrogen-bond acceptors (Lipinski definition) is 7. The van der Waals surface area contributed by atoms with Crippen LogP contribution in [0.4, 0.5) is 0 Å². The second-order valence-electron chi connectivity index (χ2n) is 10.9. The molecule has 2 aliphatic rings. The van der Waals surface area contributed by atoms with E-state index < -0.39 is 18.2 Å². The number of carbonyl (C=O) groups excluding carboxylic acids is 2. The molecule has 228 valence electrons. The highest BCUT2D eigenvalue weighted by molar-refractivity contribution is 14.1. The van der Waals surface area contributed by atoms with E-state index in [0.717, 1.165) is 44.9 Å². The molecule has 0 aromatic heterocycles. The summed E-state index contributed by atoms with van der Waals surface area (Å²) in [5.41, 5.74) is 1.05. The minimum absolute atomic E-state index is 0.0288. The number of allylic oxidation sites excluding steroid dienone is 1. The Morgan fingerprint density at radius 1 is 1.20 bits per heavy atom. The molecule has 0 radical (unpaired) electrons. The van der Waals surface area contributed by atoms with Crippen LogP contribution < -0.4 is 14.8 Å². The molecule has 1 aromatic rings. The fourth-order valence-electron chi connectivity index (χ4n) is 5.67. The fraction of sp³-hybridized carbons (Fsp3) is 0.613. The van der Waals surface area contributed by atoms with Gasteiger partial charge in [-0.05, 0) is 84.4 Å². The minimum atomic E-state index is -1.09. The maximum atomic E-state index is 13.7. The SMILES string of the molecule is C=CCCCCC(=O)N(CC1CCCCC1)[C@@H]1CC(C(=O)NCCO)=C[C@H](Oc2c(I)cc(CO)cc2OC)[C@H]1O. The third-order valence-electron chi connectivity index (χ3n) is 7.89. The maximum Gasteiger partial charge on any atom is 0.247 e. The van der Waals surface area contributed by atoms with Crippen LogP contribution in [0.15, 0.2) is 36.4 Å². The standard InChI is InChI=1S/C31H45IN2O7/c1-3-4-5-9-12-28(37)34(19-21-10-7-6-8-11-21)25-17-23(31(39)33-13-14-35)18-26(29(25)38)41-30-24(32)15-22(20-36)16-27(30)40-2/h3,15-16,18,21,25-26,29,35-36,38H,1,4-14,17,19-20H2,2H3,(H,33,39)/t25-,26+,29+/m1/s1. The quantitative estimate of drug-likeness (QED) is 0.126. The summed E-state index contributed by atoms with van der Waals surface area (Å²) in [4.78, 5) is 28.6. The van der Waals surface area contributed by atoms with Gasteiger partial charge in [0.15, 0.2) is 11.5 Å². The first-order chi connectivity index (χ1) is 19.8. The monoisotopic (exact) mass is 684 g/mol. The number of hydrogen-bond donors (Lipinski definition) is 4. The van der Waals surface area contributed by atoms with Gasteiger partial charge >= 0.3 is 0 Å². The van der Waals surface area contributed by atoms with Gasteiger partial charge in [0.2, 0.25) is 11.8 Å². The molecule has 0 saturated heterocycles. The Bertz CT molecular complexity index is 1060. The molecule has 1 saturated carbocycles. The van der Waals surface area contributed by atoms with Crippen LogP contribution in [0.25, 0.3) is 0 Å². The zero-order chi connectivity index (χ0) is 29.8. The maximum absolute atomic E-state index is 13.7. The molecule has 4 N–H and O–H groups in total. The predicted octanol–water partition coefficient (Wildman–Crippen LogP) is 3.86. The third kappa shape index (κ3) is 9.42. The number of rotatable bonds is 15. The summed E-state index contributed by atoms with van der Waals surface area (Å²) in [5, 5.41) is 33.3. The number of carbonyl (C=O) groups is 2. The van der Waals surface area contributed by atoms with Crippen molar-refractivity contribution in [3.05, 3.63) is 45.6 Å². The number of methoxy groups -OCH3 is 1. The van der Waals surface area contributed by atoms with E-state index in [0.29, 0.717) is 45.1 Å². The van der Waals surface area contributed by atoms with Gasteiger partial charge in [0.1, 0.15) is 12.2 Å². The molecule has 1 aromatic carbocycles. The van der Waals surface area contributed by atoms with Gasteiger partial charge in [0.05, 0.1) is 29.9 Å². The smallest absolute Gasteiger partial charge is 0.247 e. The number of benzene rings is 1. The number of aliphatic hydroxyl groups excluding tert-OH is 3. The number of amides is 2. The molecule has 0 heterocycles. The molecule has 0 unspecified atom stereocenters. The van der Waals surface area contributed by atoms with E-state index in [1.165, 1.54) is 13.5 Å². The summed E-state index contributed by atoms with van der Waals surface area (Å²) in [6.07, 6.45) is 9.92. The van der Waals surface area contributed by atoms with Gasteiger partial charge in [-0.2, -0.15) is 0 Å². The zero-order valence-corrected chi connectivity index (χ0v) is 26.2. The van der Waals surface area contributed by atoms with Crippen molar-refractivity contribution < 1.29 is 34.4 Å². The number of aliphatic hydroxyl groups is 3. The molecule has 0 spiro atoms. The second kappa shape index (κ2) is 17.1. The van der Waals surface area contributed by atoms with Crippen LogP contribution >= 0.6 is 22.6 Å². The van der Waals surface area contributed by atoms with Crippen LogP contribution in [0.3, 0.4) is 0 Å². The van der Waals surface area contributed by atoms with E-state index in [4.69, 9.17) is 9.47 Å². The molecule has 0 bridgehead atoms. The summed E-state index contributed by atoms with van der Waals surface area (Å²) >= 11 is 2.09. The third-order valence-corrected chi connectivity index (χ3v) is 8.69. The van der Waals surface area contributed by atoms with E-state index in [2.05, 4.69) is 34.5 Å². The molecule has 2 amide bonds. The average Bonchev–Trinajstić information content (AvgIpc) is 2.99. The Kier molecular flexibility index (Phi) is 13.9. The molecular weight excluding hydrogens is 639 g/mol. The lowest BCUT2D eigenvalue weighted by Gasteiger charge is -2.42. The van der Waals surface area contributed by atoms with Crippen LogP contribution in [0.5, 0.6) is 11.5 Å². The molecule has 10 heteroatoms. The first kappa shape index (κ1) is 33.4. The zero-order valence-electron chi connectivity index (χ0n) is 24.0. The van der Waals surface area contributed by atoms with E-state index in [1.54, 1.807) is 23.1 Å². The first-order valence-electron chi connectivity index (χ1n) is 14.6. The Morgan fingerprint density at radius 3 is 2.61 bits per heavy atom. The normalized spacial score (nSPS) is 21.1. The molecular formula is C31H45IN2O7. The van der Waals surface area contributed by atoms with Crippen LogP contribution in [-0.4, -0.2) is 77.1 Å². The average molecular weight is 685 g/mol. The second-order valence-corrected chi connectivity index (χ2v) is 12.0. The van der Waals surface area contributed by atoms with Crippen LogP contribution in [0.2, 0.25) is 0 Å². The van der Waals surface area contributed by atoms with E-state index in [1.807, 2.05) is 6.08 Å². The molecule has 1 fully saturated rings. The summed E-state index contributed by atoms with van der Waals surface area (Å²) in [5.74, 6) is 0.733. The van der Waals surface area contributed by atoms with Crippen molar-refractivity contribution in [1.82, 2.24) is 10.2 Å². The van der Waals surface area contributed by atoms with Crippen molar-refractivity contribution in [2.75, 3.05) is 26.8 Å². The van der Waals surface area contributed by atoms with Gasteiger partial charge in [0, 0.05) is 31.5 Å². The number of ether oxygens (including phenoxy) is 2. The van der Waals surface area contributed by atoms with Crippen LogP contribution in [-0.2, 0) is 16.2 Å². The van der Waals surface area contributed by atoms with Crippen molar-refractivity contribution in [2.24, 2.45) is 5.92 Å². The molecule has 3 atom stereocenters. The highest BCUT2D eigenvalue weighted by Gasteiger charge is 2.41. The Balaban J connectivity index is 1.96. The molecule has 0 aliphatic heterocycles. The lowest BCUT2D eigenvalue weighted by molar-refractivity contribution is -0.140. The minimum Gasteiger partial charge on any atom is -0.493 e. The molecule has 41 heavy (non-hydrogen) atoms. The largest absolute Gasteiger partial charge is 0.493 e.